The lowest BCUT2D eigenvalue weighted by atomic mass is 9.95. The van der Waals surface area contributed by atoms with Crippen molar-refractivity contribution < 1.29 is 14.7 Å². The molecule has 0 amide bonds. The van der Waals surface area contributed by atoms with Crippen LogP contribution < -0.4 is 0 Å². The maximum atomic E-state index is 12.7. The molecule has 104 valence electrons. The van der Waals surface area contributed by atoms with E-state index in [1.807, 2.05) is 43.3 Å². The van der Waals surface area contributed by atoms with Gasteiger partial charge in [0.15, 0.2) is 5.69 Å². The Labute approximate surface area is 120 Å². The van der Waals surface area contributed by atoms with Crippen molar-refractivity contribution in [1.82, 2.24) is 9.97 Å². The van der Waals surface area contributed by atoms with E-state index in [0.717, 1.165) is 16.3 Å². The van der Waals surface area contributed by atoms with Crippen molar-refractivity contribution in [3.63, 3.8) is 0 Å². The summed E-state index contributed by atoms with van der Waals surface area (Å²) < 4.78 is 0. The van der Waals surface area contributed by atoms with E-state index in [1.54, 1.807) is 0 Å². The normalized spacial score (nSPS) is 10.7. The lowest BCUT2D eigenvalue weighted by Crippen LogP contribution is -2.11. The van der Waals surface area contributed by atoms with Crippen LogP contribution in [0.5, 0.6) is 0 Å². The topological polar surface area (TPSA) is 83.0 Å². The van der Waals surface area contributed by atoms with Crippen LogP contribution in [0, 0.1) is 6.92 Å². The van der Waals surface area contributed by atoms with E-state index in [4.69, 9.17) is 5.11 Å². The number of benzene rings is 2. The molecule has 2 N–H and O–H groups in total. The van der Waals surface area contributed by atoms with Crippen molar-refractivity contribution in [3.05, 3.63) is 65.2 Å². The number of ketones is 1. The number of hydrogen-bond acceptors (Lipinski definition) is 3. The predicted molar refractivity (Wildman–Crippen MR) is 77.7 cm³/mol. The Morgan fingerprint density at radius 1 is 1.14 bits per heavy atom. The molecule has 5 heteroatoms. The molecule has 0 saturated heterocycles. The number of aromatic amines is 1. The van der Waals surface area contributed by atoms with Crippen LogP contribution in [0.3, 0.4) is 0 Å². The maximum Gasteiger partial charge on any atom is 0.354 e. The fourth-order valence-corrected chi connectivity index (χ4v) is 2.43. The maximum absolute atomic E-state index is 12.7. The molecule has 0 atom stereocenters. The number of rotatable bonds is 3. The monoisotopic (exact) mass is 280 g/mol. The molecule has 3 rings (SSSR count). The van der Waals surface area contributed by atoms with E-state index in [0.29, 0.717) is 5.56 Å². The third kappa shape index (κ3) is 2.08. The van der Waals surface area contributed by atoms with E-state index >= 15 is 0 Å². The van der Waals surface area contributed by atoms with Crippen molar-refractivity contribution in [2.75, 3.05) is 0 Å². The second-order valence-electron chi connectivity index (χ2n) is 4.74. The van der Waals surface area contributed by atoms with E-state index < -0.39 is 5.97 Å². The van der Waals surface area contributed by atoms with Gasteiger partial charge in [-0.1, -0.05) is 36.4 Å². The Bertz CT molecular complexity index is 865. The van der Waals surface area contributed by atoms with E-state index in [-0.39, 0.29) is 17.2 Å². The van der Waals surface area contributed by atoms with Crippen LogP contribution in [0.4, 0.5) is 0 Å². The largest absolute Gasteiger partial charge is 0.477 e. The van der Waals surface area contributed by atoms with Crippen LogP contribution in [0.15, 0.2) is 42.7 Å². The average molecular weight is 280 g/mol. The summed E-state index contributed by atoms with van der Waals surface area (Å²) in [6.07, 6.45) is 1.22. The van der Waals surface area contributed by atoms with E-state index in [1.165, 1.54) is 6.33 Å². The first-order chi connectivity index (χ1) is 10.1. The van der Waals surface area contributed by atoms with Crippen molar-refractivity contribution >= 4 is 22.5 Å². The first-order valence-electron chi connectivity index (χ1n) is 6.39. The van der Waals surface area contributed by atoms with Gasteiger partial charge in [0.05, 0.1) is 6.33 Å². The Morgan fingerprint density at radius 3 is 2.67 bits per heavy atom. The second kappa shape index (κ2) is 4.86. The van der Waals surface area contributed by atoms with Gasteiger partial charge in [0.25, 0.3) is 0 Å². The number of nitrogens with one attached hydrogen (secondary N) is 1. The van der Waals surface area contributed by atoms with Gasteiger partial charge in [-0.3, -0.25) is 4.79 Å². The molecule has 0 aliphatic heterocycles. The van der Waals surface area contributed by atoms with Crippen molar-refractivity contribution in [1.29, 1.82) is 0 Å². The lowest BCUT2D eigenvalue weighted by Gasteiger charge is -2.08. The predicted octanol–water partition coefficient (Wildman–Crippen LogP) is 2.80. The molecule has 0 unspecified atom stereocenters. The smallest absolute Gasteiger partial charge is 0.354 e. The van der Waals surface area contributed by atoms with Crippen LogP contribution >= 0.6 is 0 Å². The summed E-state index contributed by atoms with van der Waals surface area (Å²) in [6, 6.07) is 11.3. The molecular formula is C16H12N2O3. The Hall–Kier alpha value is -2.95. The molecule has 0 radical (unpaired) electrons. The molecule has 0 spiro atoms. The van der Waals surface area contributed by atoms with Crippen LogP contribution in [0.2, 0.25) is 0 Å². The molecule has 5 nitrogen and oxygen atoms in total. The minimum absolute atomic E-state index is 0.0676. The summed E-state index contributed by atoms with van der Waals surface area (Å²) in [5.74, 6) is -1.59. The zero-order valence-corrected chi connectivity index (χ0v) is 11.3. The number of nitrogens with zero attached hydrogens (tertiary/aromatic N) is 1. The van der Waals surface area contributed by atoms with Gasteiger partial charge in [-0.15, -0.1) is 0 Å². The molecule has 0 aliphatic carbocycles. The van der Waals surface area contributed by atoms with E-state index in [9.17, 15) is 9.59 Å². The zero-order chi connectivity index (χ0) is 15.0. The molecule has 0 aliphatic rings. The number of fused-ring (bicyclic) bond motifs is 1. The molecule has 21 heavy (non-hydrogen) atoms. The summed E-state index contributed by atoms with van der Waals surface area (Å²) >= 11 is 0. The SMILES string of the molecule is Cc1ccc2ccccc2c1C(=O)c1nc[nH]c1C(=O)O. The number of carbonyl (C=O) groups excluding carboxylic acids is 1. The number of carboxylic acid groups (broad SMARTS) is 1. The lowest BCUT2D eigenvalue weighted by molar-refractivity contribution is 0.0687. The third-order valence-electron chi connectivity index (χ3n) is 3.43. The first-order valence-corrected chi connectivity index (χ1v) is 6.39. The van der Waals surface area contributed by atoms with Gasteiger partial charge in [0, 0.05) is 5.56 Å². The van der Waals surface area contributed by atoms with Crippen LogP contribution in [-0.2, 0) is 0 Å². The van der Waals surface area contributed by atoms with Crippen molar-refractivity contribution in [2.24, 2.45) is 0 Å². The summed E-state index contributed by atoms with van der Waals surface area (Å²) in [4.78, 5) is 30.2. The average Bonchev–Trinajstić information content (AvgIpc) is 2.96. The first kappa shape index (κ1) is 13.1. The van der Waals surface area contributed by atoms with Gasteiger partial charge in [0.1, 0.15) is 5.69 Å². The number of aromatic nitrogens is 2. The number of hydrogen-bond donors (Lipinski definition) is 2. The van der Waals surface area contributed by atoms with E-state index in [2.05, 4.69) is 9.97 Å². The summed E-state index contributed by atoms with van der Waals surface area (Å²) in [5, 5.41) is 10.8. The molecule has 3 aromatic rings. The van der Waals surface area contributed by atoms with Gasteiger partial charge < -0.3 is 10.1 Å². The number of carbonyl (C=O) groups is 2. The number of carboxylic acids is 1. The molecule has 1 aromatic heterocycles. The third-order valence-corrected chi connectivity index (χ3v) is 3.43. The van der Waals surface area contributed by atoms with Gasteiger partial charge >= 0.3 is 5.97 Å². The number of aromatic carboxylic acids is 1. The molecule has 0 bridgehead atoms. The van der Waals surface area contributed by atoms with Crippen LogP contribution in [0.25, 0.3) is 10.8 Å². The zero-order valence-electron chi connectivity index (χ0n) is 11.3. The summed E-state index contributed by atoms with van der Waals surface area (Å²) in [7, 11) is 0. The van der Waals surface area contributed by atoms with Gasteiger partial charge in [0.2, 0.25) is 5.78 Å². The summed E-state index contributed by atoms with van der Waals surface area (Å²) in [5.41, 5.74) is 1.02. The molecular weight excluding hydrogens is 268 g/mol. The Morgan fingerprint density at radius 2 is 1.90 bits per heavy atom. The molecule has 2 aromatic carbocycles. The molecule has 0 fully saturated rings. The van der Waals surface area contributed by atoms with Crippen LogP contribution in [-0.4, -0.2) is 26.8 Å². The van der Waals surface area contributed by atoms with Crippen molar-refractivity contribution in [2.45, 2.75) is 6.92 Å². The van der Waals surface area contributed by atoms with Crippen LogP contribution in [0.1, 0.15) is 32.1 Å². The number of H-pyrrole nitrogens is 1. The number of imidazole rings is 1. The van der Waals surface area contributed by atoms with Gasteiger partial charge in [-0.05, 0) is 23.3 Å². The Kier molecular flexibility index (Phi) is 3.02. The summed E-state index contributed by atoms with van der Waals surface area (Å²) in [6.45, 7) is 1.83. The minimum Gasteiger partial charge on any atom is -0.477 e. The van der Waals surface area contributed by atoms with Crippen molar-refractivity contribution in [3.8, 4) is 0 Å². The minimum atomic E-state index is -1.20. The molecule has 1 heterocycles. The highest BCUT2D eigenvalue weighted by Crippen LogP contribution is 2.25. The fourth-order valence-electron chi connectivity index (χ4n) is 2.43. The highest BCUT2D eigenvalue weighted by Gasteiger charge is 2.23. The standard InChI is InChI=1S/C16H12N2O3/c1-9-6-7-10-4-2-3-5-11(10)12(9)15(19)13-14(16(20)21)18-8-17-13/h2-8H,1H3,(H,17,18)(H,20,21). The van der Waals surface area contributed by atoms with Gasteiger partial charge in [-0.2, -0.15) is 0 Å². The number of aryl methyl sites for hydroxylation is 1. The quantitative estimate of drug-likeness (QED) is 0.723. The highest BCUT2D eigenvalue weighted by atomic mass is 16.4. The highest BCUT2D eigenvalue weighted by molar-refractivity contribution is 6.19. The molecule has 0 saturated carbocycles. The fraction of sp³-hybridized carbons (Fsp3) is 0.0625. The second-order valence-corrected chi connectivity index (χ2v) is 4.74. The Balaban J connectivity index is 2.25. The van der Waals surface area contributed by atoms with Gasteiger partial charge in [-0.25, -0.2) is 9.78 Å².